The highest BCUT2D eigenvalue weighted by atomic mass is 19.1. The zero-order valence-electron chi connectivity index (χ0n) is 11.8. The summed E-state index contributed by atoms with van der Waals surface area (Å²) in [6, 6.07) is 10.7. The monoisotopic (exact) mass is 274 g/mol. The van der Waals surface area contributed by atoms with Gasteiger partial charge in [-0.15, -0.1) is 0 Å². The molecule has 0 aliphatic carbocycles. The Morgan fingerprint density at radius 1 is 1.25 bits per heavy atom. The number of aromatic nitrogens is 1. The number of rotatable bonds is 5. The Kier molecular flexibility index (Phi) is 4.69. The van der Waals surface area contributed by atoms with Gasteiger partial charge in [-0.3, -0.25) is 4.98 Å². The minimum Gasteiger partial charge on any atom is -0.392 e. The highest BCUT2D eigenvalue weighted by Gasteiger charge is 2.11. The van der Waals surface area contributed by atoms with Crippen molar-refractivity contribution in [2.45, 2.75) is 27.0 Å². The van der Waals surface area contributed by atoms with E-state index < -0.39 is 0 Å². The van der Waals surface area contributed by atoms with E-state index in [9.17, 15) is 4.39 Å². The first-order valence-electron chi connectivity index (χ1n) is 6.70. The fourth-order valence-electron chi connectivity index (χ4n) is 2.16. The smallest absolute Gasteiger partial charge is 0.146 e. The summed E-state index contributed by atoms with van der Waals surface area (Å²) in [5, 5.41) is 9.02. The van der Waals surface area contributed by atoms with E-state index in [-0.39, 0.29) is 12.4 Å². The van der Waals surface area contributed by atoms with Crippen molar-refractivity contribution in [3.63, 3.8) is 0 Å². The van der Waals surface area contributed by atoms with Crippen LogP contribution < -0.4 is 4.90 Å². The predicted molar refractivity (Wildman–Crippen MR) is 78.0 cm³/mol. The summed E-state index contributed by atoms with van der Waals surface area (Å²) in [4.78, 5) is 6.37. The number of hydrogen-bond donors (Lipinski definition) is 1. The van der Waals surface area contributed by atoms with E-state index >= 15 is 0 Å². The third-order valence-electron chi connectivity index (χ3n) is 3.22. The molecule has 1 aromatic heterocycles. The molecular formula is C16H19FN2O. The van der Waals surface area contributed by atoms with Crippen molar-refractivity contribution in [1.82, 2.24) is 4.98 Å². The molecule has 0 radical (unpaired) electrons. The van der Waals surface area contributed by atoms with Crippen LogP contribution in [0.1, 0.15) is 23.9 Å². The molecule has 106 valence electrons. The molecule has 0 spiro atoms. The molecule has 1 aromatic carbocycles. The van der Waals surface area contributed by atoms with Gasteiger partial charge >= 0.3 is 0 Å². The molecule has 1 N–H and O–H groups in total. The van der Waals surface area contributed by atoms with E-state index in [1.54, 1.807) is 12.1 Å². The van der Waals surface area contributed by atoms with Crippen molar-refractivity contribution in [3.05, 3.63) is 59.2 Å². The zero-order valence-corrected chi connectivity index (χ0v) is 11.8. The summed E-state index contributed by atoms with van der Waals surface area (Å²) in [6.07, 6.45) is 0. The van der Waals surface area contributed by atoms with Crippen LogP contribution in [0.15, 0.2) is 36.4 Å². The Labute approximate surface area is 118 Å². The van der Waals surface area contributed by atoms with Crippen LogP contribution >= 0.6 is 0 Å². The topological polar surface area (TPSA) is 36.4 Å². The van der Waals surface area contributed by atoms with Gasteiger partial charge in [0.1, 0.15) is 5.82 Å². The van der Waals surface area contributed by atoms with Gasteiger partial charge in [0.25, 0.3) is 0 Å². The van der Waals surface area contributed by atoms with Crippen LogP contribution in [0.3, 0.4) is 0 Å². The molecule has 0 saturated heterocycles. The molecule has 0 saturated carbocycles. The third-order valence-corrected chi connectivity index (χ3v) is 3.22. The van der Waals surface area contributed by atoms with Crippen LogP contribution in [0.4, 0.5) is 10.1 Å². The molecule has 0 unspecified atom stereocenters. The normalized spacial score (nSPS) is 10.6. The molecule has 4 heteroatoms. The lowest BCUT2D eigenvalue weighted by Gasteiger charge is -2.23. The van der Waals surface area contributed by atoms with Crippen LogP contribution in [-0.2, 0) is 13.2 Å². The molecular weight excluding hydrogens is 255 g/mol. The number of anilines is 1. The van der Waals surface area contributed by atoms with Crippen LogP contribution in [0, 0.1) is 12.7 Å². The Morgan fingerprint density at radius 2 is 2.05 bits per heavy atom. The van der Waals surface area contributed by atoms with Gasteiger partial charge < -0.3 is 10.0 Å². The van der Waals surface area contributed by atoms with Crippen molar-refractivity contribution in [3.8, 4) is 0 Å². The second-order valence-corrected chi connectivity index (χ2v) is 4.73. The average Bonchev–Trinajstić information content (AvgIpc) is 2.45. The van der Waals surface area contributed by atoms with Gasteiger partial charge in [-0.2, -0.15) is 0 Å². The van der Waals surface area contributed by atoms with Gasteiger partial charge in [0.2, 0.25) is 0 Å². The fourth-order valence-corrected chi connectivity index (χ4v) is 2.16. The lowest BCUT2D eigenvalue weighted by atomic mass is 10.2. The van der Waals surface area contributed by atoms with Gasteiger partial charge in [0, 0.05) is 12.2 Å². The number of hydrogen-bond acceptors (Lipinski definition) is 3. The summed E-state index contributed by atoms with van der Waals surface area (Å²) in [5.41, 5.74) is 2.98. The van der Waals surface area contributed by atoms with E-state index in [4.69, 9.17) is 5.11 Å². The molecule has 0 aliphatic rings. The van der Waals surface area contributed by atoms with E-state index in [2.05, 4.69) is 4.98 Å². The van der Waals surface area contributed by atoms with E-state index in [1.165, 1.54) is 6.07 Å². The number of aryl methyl sites for hydroxylation is 1. The SMILES string of the molecule is CCN(Cc1cccc(C)n1)c1ccc(CO)cc1F. The minimum absolute atomic E-state index is 0.150. The van der Waals surface area contributed by atoms with Crippen LogP contribution in [0.25, 0.3) is 0 Å². The summed E-state index contributed by atoms with van der Waals surface area (Å²) in [6.45, 7) is 5.02. The van der Waals surface area contributed by atoms with Crippen molar-refractivity contribution in [2.24, 2.45) is 0 Å². The maximum absolute atomic E-state index is 14.1. The van der Waals surface area contributed by atoms with Crippen LogP contribution in [-0.4, -0.2) is 16.6 Å². The van der Waals surface area contributed by atoms with E-state index in [0.717, 1.165) is 11.4 Å². The quantitative estimate of drug-likeness (QED) is 0.910. The number of aliphatic hydroxyl groups is 1. The lowest BCUT2D eigenvalue weighted by Crippen LogP contribution is -2.23. The highest BCUT2D eigenvalue weighted by Crippen LogP contribution is 2.22. The Balaban J connectivity index is 2.24. The van der Waals surface area contributed by atoms with Gasteiger partial charge in [-0.1, -0.05) is 12.1 Å². The first kappa shape index (κ1) is 14.5. The molecule has 2 rings (SSSR count). The molecule has 20 heavy (non-hydrogen) atoms. The summed E-state index contributed by atoms with van der Waals surface area (Å²) in [7, 11) is 0. The van der Waals surface area contributed by atoms with Gasteiger partial charge in [0.05, 0.1) is 24.5 Å². The van der Waals surface area contributed by atoms with Crippen molar-refractivity contribution < 1.29 is 9.50 Å². The van der Waals surface area contributed by atoms with Gasteiger partial charge in [-0.05, 0) is 43.7 Å². The Hall–Kier alpha value is -1.94. The fraction of sp³-hybridized carbons (Fsp3) is 0.312. The Morgan fingerprint density at radius 3 is 2.65 bits per heavy atom. The number of aliphatic hydroxyl groups excluding tert-OH is 1. The molecule has 0 bridgehead atoms. The van der Waals surface area contributed by atoms with Crippen LogP contribution in [0.2, 0.25) is 0 Å². The largest absolute Gasteiger partial charge is 0.392 e. The first-order chi connectivity index (χ1) is 9.63. The first-order valence-corrected chi connectivity index (χ1v) is 6.70. The van der Waals surface area contributed by atoms with E-state index in [1.807, 2.05) is 36.9 Å². The molecule has 3 nitrogen and oxygen atoms in total. The number of nitrogens with zero attached hydrogens (tertiary/aromatic N) is 2. The third kappa shape index (κ3) is 3.33. The molecule has 0 fully saturated rings. The number of pyridine rings is 1. The van der Waals surface area contributed by atoms with Crippen molar-refractivity contribution in [2.75, 3.05) is 11.4 Å². The number of halogens is 1. The standard InChI is InChI=1S/C16H19FN2O/c1-3-19(10-14-6-4-5-12(2)18-14)16-8-7-13(11-20)9-15(16)17/h4-9,20H,3,10-11H2,1-2H3. The van der Waals surface area contributed by atoms with Gasteiger partial charge in [0.15, 0.2) is 0 Å². The second-order valence-electron chi connectivity index (χ2n) is 4.73. The van der Waals surface area contributed by atoms with Crippen LogP contribution in [0.5, 0.6) is 0 Å². The molecule has 1 heterocycles. The maximum atomic E-state index is 14.1. The van der Waals surface area contributed by atoms with Crippen molar-refractivity contribution in [1.29, 1.82) is 0 Å². The zero-order chi connectivity index (χ0) is 14.5. The summed E-state index contributed by atoms with van der Waals surface area (Å²) < 4.78 is 14.1. The summed E-state index contributed by atoms with van der Waals surface area (Å²) >= 11 is 0. The Bertz CT molecular complexity index is 586. The molecule has 0 aliphatic heterocycles. The lowest BCUT2D eigenvalue weighted by molar-refractivity contribution is 0.281. The minimum atomic E-state index is -0.314. The van der Waals surface area contributed by atoms with Crippen molar-refractivity contribution >= 4 is 5.69 Å². The van der Waals surface area contributed by atoms with E-state index in [0.29, 0.717) is 24.3 Å². The molecule has 0 amide bonds. The number of benzene rings is 1. The maximum Gasteiger partial charge on any atom is 0.146 e. The highest BCUT2D eigenvalue weighted by molar-refractivity contribution is 5.49. The average molecular weight is 274 g/mol. The summed E-state index contributed by atoms with van der Waals surface area (Å²) in [5.74, 6) is -0.314. The molecule has 0 atom stereocenters. The van der Waals surface area contributed by atoms with Gasteiger partial charge in [-0.25, -0.2) is 4.39 Å². The molecule has 2 aromatic rings. The second kappa shape index (κ2) is 6.48. The predicted octanol–water partition coefficient (Wildman–Crippen LogP) is 3.05.